The molecule has 1 saturated carbocycles. The van der Waals surface area contributed by atoms with E-state index in [0.29, 0.717) is 29.3 Å². The van der Waals surface area contributed by atoms with Crippen LogP contribution in [-0.4, -0.2) is 12.1 Å². The van der Waals surface area contributed by atoms with Crippen LogP contribution in [0.4, 0.5) is 0 Å². The molecule has 0 amide bonds. The highest BCUT2D eigenvalue weighted by molar-refractivity contribution is 4.96. The molecule has 0 heterocycles. The van der Waals surface area contributed by atoms with Crippen LogP contribution in [0.2, 0.25) is 0 Å². The van der Waals surface area contributed by atoms with Gasteiger partial charge in [-0.3, -0.25) is 0 Å². The third-order valence-corrected chi connectivity index (χ3v) is 7.44. The lowest BCUT2D eigenvalue weighted by molar-refractivity contribution is 0.0237. The van der Waals surface area contributed by atoms with E-state index in [1.807, 2.05) is 0 Å². The van der Waals surface area contributed by atoms with Crippen molar-refractivity contribution in [3.8, 4) is 0 Å². The van der Waals surface area contributed by atoms with Crippen molar-refractivity contribution in [1.82, 2.24) is 0 Å². The average molecular weight is 339 g/mol. The van der Waals surface area contributed by atoms with Crippen molar-refractivity contribution in [1.29, 1.82) is 0 Å². The van der Waals surface area contributed by atoms with Crippen molar-refractivity contribution >= 4 is 0 Å². The van der Waals surface area contributed by atoms with Gasteiger partial charge in [0, 0.05) is 12.1 Å². The molecule has 5 unspecified atom stereocenters. The van der Waals surface area contributed by atoms with Gasteiger partial charge in [-0.05, 0) is 67.6 Å². The van der Waals surface area contributed by atoms with E-state index in [1.165, 1.54) is 38.5 Å². The van der Waals surface area contributed by atoms with Crippen molar-refractivity contribution < 1.29 is 0 Å². The topological polar surface area (TPSA) is 52.0 Å². The van der Waals surface area contributed by atoms with E-state index in [0.717, 1.165) is 24.2 Å². The fraction of sp³-hybridized carbons (Fsp3) is 1.00. The second kappa shape index (κ2) is 9.57. The molecule has 5 atom stereocenters. The fourth-order valence-corrected chi connectivity index (χ4v) is 4.94. The molecule has 1 rings (SSSR count). The summed E-state index contributed by atoms with van der Waals surface area (Å²) < 4.78 is 0. The Morgan fingerprint density at radius 1 is 0.958 bits per heavy atom. The number of nitrogens with two attached hydrogens (primary N) is 2. The van der Waals surface area contributed by atoms with Crippen LogP contribution in [0.15, 0.2) is 0 Å². The van der Waals surface area contributed by atoms with Gasteiger partial charge < -0.3 is 11.5 Å². The van der Waals surface area contributed by atoms with Gasteiger partial charge in [0.1, 0.15) is 0 Å². The first-order valence-electron chi connectivity index (χ1n) is 10.6. The summed E-state index contributed by atoms with van der Waals surface area (Å²) in [5, 5.41) is 0. The monoisotopic (exact) mass is 338 g/mol. The smallest absolute Gasteiger partial charge is 0.0101 e. The van der Waals surface area contributed by atoms with Gasteiger partial charge in [0.15, 0.2) is 0 Å². The standard InChI is InChI=1S/C22H46N2/c1-8-15(3)19-13-18(14-20(21(19)24)16(4)9-2)22(6,7)12-10-11-17(5)23/h15-21H,8-14,23-24H2,1-7H3. The highest BCUT2D eigenvalue weighted by Gasteiger charge is 2.43. The predicted octanol–water partition coefficient (Wildman–Crippen LogP) is 5.59. The van der Waals surface area contributed by atoms with Crippen molar-refractivity contribution in [2.45, 2.75) is 105 Å². The molecule has 1 fully saturated rings. The molecule has 2 heteroatoms. The summed E-state index contributed by atoms with van der Waals surface area (Å²) in [4.78, 5) is 0. The first-order valence-corrected chi connectivity index (χ1v) is 10.6. The van der Waals surface area contributed by atoms with Gasteiger partial charge in [-0.15, -0.1) is 0 Å². The average Bonchev–Trinajstić information content (AvgIpc) is 2.52. The van der Waals surface area contributed by atoms with Gasteiger partial charge in [0.25, 0.3) is 0 Å². The summed E-state index contributed by atoms with van der Waals surface area (Å²) in [7, 11) is 0. The van der Waals surface area contributed by atoms with Gasteiger partial charge in [0.2, 0.25) is 0 Å². The Bertz CT molecular complexity index is 330. The number of rotatable bonds is 9. The lowest BCUT2D eigenvalue weighted by atomic mass is 9.57. The molecule has 0 radical (unpaired) electrons. The van der Waals surface area contributed by atoms with Gasteiger partial charge in [-0.25, -0.2) is 0 Å². The molecule has 1 aliphatic rings. The Labute approximate surface area is 152 Å². The number of hydrogen-bond acceptors (Lipinski definition) is 2. The first-order chi connectivity index (χ1) is 11.1. The Morgan fingerprint density at radius 3 is 1.79 bits per heavy atom. The molecule has 0 aromatic rings. The van der Waals surface area contributed by atoms with Crippen LogP contribution >= 0.6 is 0 Å². The van der Waals surface area contributed by atoms with Gasteiger partial charge in [-0.2, -0.15) is 0 Å². The molecular formula is C22H46N2. The quantitative estimate of drug-likeness (QED) is 0.575. The normalized spacial score (nSPS) is 32.4. The zero-order chi connectivity index (χ0) is 18.5. The second-order valence-electron chi connectivity index (χ2n) is 9.70. The van der Waals surface area contributed by atoms with E-state index in [-0.39, 0.29) is 0 Å². The molecule has 24 heavy (non-hydrogen) atoms. The van der Waals surface area contributed by atoms with Gasteiger partial charge >= 0.3 is 0 Å². The Kier molecular flexibility index (Phi) is 8.76. The Hall–Kier alpha value is -0.0800. The van der Waals surface area contributed by atoms with Crippen molar-refractivity contribution in [3.05, 3.63) is 0 Å². The zero-order valence-corrected chi connectivity index (χ0v) is 17.6. The highest BCUT2D eigenvalue weighted by atomic mass is 14.7. The maximum absolute atomic E-state index is 6.81. The molecule has 0 aromatic carbocycles. The van der Waals surface area contributed by atoms with Gasteiger partial charge in [-0.1, -0.05) is 60.8 Å². The van der Waals surface area contributed by atoms with Crippen molar-refractivity contribution in [3.63, 3.8) is 0 Å². The van der Waals surface area contributed by atoms with Crippen molar-refractivity contribution in [2.24, 2.45) is 46.5 Å². The second-order valence-corrected chi connectivity index (χ2v) is 9.70. The van der Waals surface area contributed by atoms with E-state index in [1.54, 1.807) is 0 Å². The van der Waals surface area contributed by atoms with Crippen LogP contribution in [0.3, 0.4) is 0 Å². The van der Waals surface area contributed by atoms with Crippen LogP contribution in [0.5, 0.6) is 0 Å². The van der Waals surface area contributed by atoms with E-state index < -0.39 is 0 Å². The maximum Gasteiger partial charge on any atom is 0.0101 e. The summed E-state index contributed by atoms with van der Waals surface area (Å²) in [5.41, 5.74) is 13.2. The van der Waals surface area contributed by atoms with E-state index in [4.69, 9.17) is 11.5 Å². The Balaban J connectivity index is 2.88. The highest BCUT2D eigenvalue weighted by Crippen LogP contribution is 2.49. The fourth-order valence-electron chi connectivity index (χ4n) is 4.94. The van der Waals surface area contributed by atoms with Crippen LogP contribution in [0, 0.1) is 35.0 Å². The molecule has 4 N–H and O–H groups in total. The number of hydrogen-bond donors (Lipinski definition) is 2. The van der Waals surface area contributed by atoms with Crippen molar-refractivity contribution in [2.75, 3.05) is 0 Å². The van der Waals surface area contributed by atoms with Crippen LogP contribution in [0.1, 0.15) is 93.4 Å². The summed E-state index contributed by atoms with van der Waals surface area (Å²) >= 11 is 0. The molecule has 144 valence electrons. The third-order valence-electron chi connectivity index (χ3n) is 7.44. The third kappa shape index (κ3) is 5.73. The summed E-state index contributed by atoms with van der Waals surface area (Å²) in [6, 6.07) is 0.729. The summed E-state index contributed by atoms with van der Waals surface area (Å²) in [5.74, 6) is 3.69. The lowest BCUT2D eigenvalue weighted by Crippen LogP contribution is -2.50. The SMILES string of the molecule is CCC(C)C1CC(C(C)(C)CCCC(C)N)CC(C(C)CC)C1N. The maximum atomic E-state index is 6.81. The summed E-state index contributed by atoms with van der Waals surface area (Å²) in [6.45, 7) is 16.6. The molecule has 0 saturated heterocycles. The van der Waals surface area contributed by atoms with E-state index in [9.17, 15) is 0 Å². The van der Waals surface area contributed by atoms with Gasteiger partial charge in [0.05, 0.1) is 0 Å². The minimum atomic E-state index is 0.335. The molecule has 0 bridgehead atoms. The lowest BCUT2D eigenvalue weighted by Gasteiger charge is -2.49. The predicted molar refractivity (Wildman–Crippen MR) is 108 cm³/mol. The Morgan fingerprint density at radius 2 is 1.42 bits per heavy atom. The molecule has 0 aromatic heterocycles. The first kappa shape index (κ1) is 22.0. The van der Waals surface area contributed by atoms with Crippen LogP contribution < -0.4 is 11.5 Å². The largest absolute Gasteiger partial charge is 0.328 e. The minimum absolute atomic E-state index is 0.335. The molecule has 2 nitrogen and oxygen atoms in total. The zero-order valence-electron chi connectivity index (χ0n) is 17.6. The molecule has 0 aliphatic heterocycles. The van der Waals surface area contributed by atoms with E-state index in [2.05, 4.69) is 48.5 Å². The molecule has 0 spiro atoms. The van der Waals surface area contributed by atoms with E-state index >= 15 is 0 Å². The summed E-state index contributed by atoms with van der Waals surface area (Å²) in [6.07, 6.45) is 8.87. The molecule has 1 aliphatic carbocycles. The molecular weight excluding hydrogens is 292 g/mol. The minimum Gasteiger partial charge on any atom is -0.328 e. The van der Waals surface area contributed by atoms with Crippen LogP contribution in [0.25, 0.3) is 0 Å². The van der Waals surface area contributed by atoms with Crippen LogP contribution in [-0.2, 0) is 0 Å².